The van der Waals surface area contributed by atoms with Crippen molar-refractivity contribution >= 4 is 12.1 Å². The van der Waals surface area contributed by atoms with Crippen molar-refractivity contribution in [3.63, 3.8) is 0 Å². The fourth-order valence-electron chi connectivity index (χ4n) is 2.16. The van der Waals surface area contributed by atoms with E-state index in [9.17, 15) is 27.9 Å². The molecule has 2 aromatic carbocycles. The first kappa shape index (κ1) is 18.3. The Morgan fingerprint density at radius 2 is 1.64 bits per heavy atom. The number of benzene rings is 2. The first-order valence-electron chi connectivity index (χ1n) is 7.15. The van der Waals surface area contributed by atoms with Crippen LogP contribution in [0.25, 0.3) is 0 Å². The molecule has 25 heavy (non-hydrogen) atoms. The number of carboxylic acid groups (broad SMARTS) is 1. The molecule has 1 unspecified atom stereocenters. The number of carbonyl (C=O) groups excluding carboxylic acids is 1. The zero-order chi connectivity index (χ0) is 18.4. The molecule has 0 radical (unpaired) electrons. The lowest BCUT2D eigenvalue weighted by molar-refractivity contribution is -0.142. The molecule has 0 fully saturated rings. The maximum Gasteiger partial charge on any atom is 0.416 e. The van der Waals surface area contributed by atoms with E-state index in [1.165, 1.54) is 6.07 Å². The van der Waals surface area contributed by atoms with Gasteiger partial charge in [-0.05, 0) is 17.2 Å². The average Bonchev–Trinajstić information content (AvgIpc) is 2.58. The van der Waals surface area contributed by atoms with E-state index in [1.807, 2.05) is 5.32 Å². The highest BCUT2D eigenvalue weighted by atomic mass is 19.4. The predicted octanol–water partition coefficient (Wildman–Crippen LogP) is 3.76. The van der Waals surface area contributed by atoms with E-state index >= 15 is 0 Å². The first-order valence-corrected chi connectivity index (χ1v) is 7.15. The van der Waals surface area contributed by atoms with Crippen LogP contribution in [0.2, 0.25) is 0 Å². The SMILES string of the molecule is O=C(NC(C(=O)O)c1ccccc1C(F)(F)F)OCc1ccccc1. The van der Waals surface area contributed by atoms with Gasteiger partial charge in [0.15, 0.2) is 6.04 Å². The monoisotopic (exact) mass is 353 g/mol. The Kier molecular flexibility index (Phi) is 5.63. The average molecular weight is 353 g/mol. The van der Waals surface area contributed by atoms with Crippen molar-refractivity contribution in [1.29, 1.82) is 0 Å². The van der Waals surface area contributed by atoms with Gasteiger partial charge >= 0.3 is 18.2 Å². The smallest absolute Gasteiger partial charge is 0.416 e. The summed E-state index contributed by atoms with van der Waals surface area (Å²) in [5.41, 5.74) is -1.05. The molecule has 132 valence electrons. The fraction of sp³-hybridized carbons (Fsp3) is 0.176. The summed E-state index contributed by atoms with van der Waals surface area (Å²) < 4.78 is 44.0. The number of nitrogens with one attached hydrogen (secondary N) is 1. The number of halogens is 3. The third kappa shape index (κ3) is 4.97. The summed E-state index contributed by atoms with van der Waals surface area (Å²) in [6, 6.07) is 10.8. The lowest BCUT2D eigenvalue weighted by Crippen LogP contribution is -2.35. The van der Waals surface area contributed by atoms with Crippen LogP contribution < -0.4 is 5.32 Å². The second-order valence-electron chi connectivity index (χ2n) is 5.06. The first-order chi connectivity index (χ1) is 11.8. The van der Waals surface area contributed by atoms with Gasteiger partial charge in [0.25, 0.3) is 0 Å². The van der Waals surface area contributed by atoms with Gasteiger partial charge in [0.1, 0.15) is 6.61 Å². The highest BCUT2D eigenvalue weighted by molar-refractivity contribution is 5.81. The van der Waals surface area contributed by atoms with Crippen LogP contribution in [-0.4, -0.2) is 17.2 Å². The Morgan fingerprint density at radius 3 is 2.24 bits per heavy atom. The standard InChI is InChI=1S/C17H14F3NO4/c18-17(19,20)13-9-5-4-8-12(13)14(15(22)23)21-16(24)25-10-11-6-2-1-3-7-11/h1-9,14H,10H2,(H,21,24)(H,22,23). The zero-order valence-electron chi connectivity index (χ0n) is 12.8. The molecule has 5 nitrogen and oxygen atoms in total. The van der Waals surface area contributed by atoms with Gasteiger partial charge in [-0.1, -0.05) is 48.5 Å². The molecular formula is C17H14F3NO4. The summed E-state index contributed by atoms with van der Waals surface area (Å²) in [5, 5.41) is 11.2. The highest BCUT2D eigenvalue weighted by Crippen LogP contribution is 2.34. The van der Waals surface area contributed by atoms with Crippen LogP contribution in [0.3, 0.4) is 0 Å². The summed E-state index contributed by atoms with van der Waals surface area (Å²) in [6.45, 7) is -0.139. The molecule has 0 aliphatic carbocycles. The predicted molar refractivity (Wildman–Crippen MR) is 81.6 cm³/mol. The molecule has 0 saturated carbocycles. The minimum absolute atomic E-state index is 0.139. The summed E-state index contributed by atoms with van der Waals surface area (Å²) in [7, 11) is 0. The van der Waals surface area contributed by atoms with E-state index in [4.69, 9.17) is 4.74 Å². The van der Waals surface area contributed by atoms with Gasteiger partial charge in [0.05, 0.1) is 5.56 Å². The molecule has 2 N–H and O–H groups in total. The van der Waals surface area contributed by atoms with E-state index in [0.717, 1.165) is 18.2 Å². The molecule has 0 aromatic heterocycles. The molecule has 0 aliphatic rings. The number of rotatable bonds is 5. The van der Waals surface area contributed by atoms with E-state index in [2.05, 4.69) is 0 Å². The molecule has 0 heterocycles. The Bertz CT molecular complexity index is 747. The summed E-state index contributed by atoms with van der Waals surface area (Å²) in [4.78, 5) is 23.1. The molecule has 0 bridgehead atoms. The van der Waals surface area contributed by atoms with Crippen molar-refractivity contribution in [2.24, 2.45) is 0 Å². The van der Waals surface area contributed by atoms with Crippen molar-refractivity contribution < 1.29 is 32.6 Å². The molecule has 1 amide bonds. The minimum Gasteiger partial charge on any atom is -0.479 e. The van der Waals surface area contributed by atoms with Crippen LogP contribution in [0, 0.1) is 0 Å². The maximum atomic E-state index is 13.0. The Labute approximate surface area is 141 Å². The topological polar surface area (TPSA) is 75.6 Å². The number of carbonyl (C=O) groups is 2. The van der Waals surface area contributed by atoms with Crippen LogP contribution in [0.5, 0.6) is 0 Å². The fourth-order valence-corrected chi connectivity index (χ4v) is 2.16. The van der Waals surface area contributed by atoms with Crippen LogP contribution in [0.1, 0.15) is 22.7 Å². The Morgan fingerprint density at radius 1 is 1.04 bits per heavy atom. The maximum absolute atomic E-state index is 13.0. The van der Waals surface area contributed by atoms with Crippen molar-refractivity contribution in [3.8, 4) is 0 Å². The van der Waals surface area contributed by atoms with Crippen LogP contribution in [0.15, 0.2) is 54.6 Å². The largest absolute Gasteiger partial charge is 0.479 e. The van der Waals surface area contributed by atoms with E-state index < -0.39 is 35.4 Å². The van der Waals surface area contributed by atoms with Crippen LogP contribution in [0.4, 0.5) is 18.0 Å². The van der Waals surface area contributed by atoms with Gasteiger partial charge in [-0.15, -0.1) is 0 Å². The van der Waals surface area contributed by atoms with Gasteiger partial charge in [-0.3, -0.25) is 0 Å². The molecule has 8 heteroatoms. The summed E-state index contributed by atoms with van der Waals surface area (Å²) >= 11 is 0. The third-order valence-electron chi connectivity index (χ3n) is 3.30. The van der Waals surface area contributed by atoms with Crippen molar-refractivity contribution in [2.45, 2.75) is 18.8 Å². The highest BCUT2D eigenvalue weighted by Gasteiger charge is 2.37. The number of hydrogen-bond donors (Lipinski definition) is 2. The second-order valence-corrected chi connectivity index (χ2v) is 5.06. The summed E-state index contributed by atoms with van der Waals surface area (Å²) in [6.07, 6.45) is -5.88. The number of hydrogen-bond acceptors (Lipinski definition) is 3. The Balaban J connectivity index is 2.14. The van der Waals surface area contributed by atoms with Crippen LogP contribution in [-0.2, 0) is 22.3 Å². The lowest BCUT2D eigenvalue weighted by atomic mass is 10.00. The molecule has 0 spiro atoms. The van der Waals surface area contributed by atoms with E-state index in [1.54, 1.807) is 30.3 Å². The van der Waals surface area contributed by atoms with Gasteiger partial charge in [0, 0.05) is 0 Å². The second kappa shape index (κ2) is 7.69. The molecule has 0 aliphatic heterocycles. The lowest BCUT2D eigenvalue weighted by Gasteiger charge is -2.19. The van der Waals surface area contributed by atoms with Crippen molar-refractivity contribution in [1.82, 2.24) is 5.32 Å². The minimum atomic E-state index is -4.75. The number of aliphatic carboxylic acids is 1. The molecule has 2 rings (SSSR count). The van der Waals surface area contributed by atoms with Crippen molar-refractivity contribution in [2.75, 3.05) is 0 Å². The van der Waals surface area contributed by atoms with E-state index in [-0.39, 0.29) is 6.61 Å². The quantitative estimate of drug-likeness (QED) is 0.858. The molecule has 2 aromatic rings. The van der Waals surface area contributed by atoms with Gasteiger partial charge in [0.2, 0.25) is 0 Å². The zero-order valence-corrected chi connectivity index (χ0v) is 12.8. The molecule has 0 saturated heterocycles. The van der Waals surface area contributed by atoms with Gasteiger partial charge in [-0.2, -0.15) is 13.2 Å². The molecule has 1 atom stereocenters. The van der Waals surface area contributed by atoms with Crippen molar-refractivity contribution in [3.05, 3.63) is 71.3 Å². The molecular weight excluding hydrogens is 339 g/mol. The normalized spacial score (nSPS) is 12.3. The van der Waals surface area contributed by atoms with E-state index in [0.29, 0.717) is 5.56 Å². The number of ether oxygens (including phenoxy) is 1. The number of amides is 1. The van der Waals surface area contributed by atoms with Gasteiger partial charge in [-0.25, -0.2) is 9.59 Å². The number of alkyl carbamates (subject to hydrolysis) is 1. The third-order valence-corrected chi connectivity index (χ3v) is 3.30. The Hall–Kier alpha value is -3.03. The van der Waals surface area contributed by atoms with Crippen LogP contribution >= 0.6 is 0 Å². The number of alkyl halides is 3. The van der Waals surface area contributed by atoms with Gasteiger partial charge < -0.3 is 15.2 Å². The number of carboxylic acids is 1. The summed E-state index contributed by atoms with van der Waals surface area (Å²) in [5.74, 6) is -1.63.